The molecule has 1 saturated heterocycles. The Morgan fingerprint density at radius 1 is 1.26 bits per heavy atom. The Balaban J connectivity index is 1.64. The van der Waals surface area contributed by atoms with Gasteiger partial charge in [0.05, 0.1) is 0 Å². The third-order valence-electron chi connectivity index (χ3n) is 3.22. The van der Waals surface area contributed by atoms with Crippen molar-refractivity contribution in [1.29, 1.82) is 0 Å². The lowest BCUT2D eigenvalue weighted by atomic mass is 10.3. The standard InChI is InChI=1S/C13H15N3O2S/c1-10(17)11-2-3-12(18-11)15-5-7-16(8-6-15)13-14-4-9-19-13/h2-4,9H,5-8H2,1H3. The van der Waals surface area contributed by atoms with Gasteiger partial charge in [0.25, 0.3) is 0 Å². The van der Waals surface area contributed by atoms with Crippen LogP contribution in [0.4, 0.5) is 11.0 Å². The van der Waals surface area contributed by atoms with E-state index in [1.54, 1.807) is 17.4 Å². The Morgan fingerprint density at radius 3 is 2.58 bits per heavy atom. The highest BCUT2D eigenvalue weighted by atomic mass is 32.1. The van der Waals surface area contributed by atoms with Gasteiger partial charge in [0.1, 0.15) is 0 Å². The molecule has 5 nitrogen and oxygen atoms in total. The van der Waals surface area contributed by atoms with Crippen LogP contribution in [0.1, 0.15) is 17.5 Å². The summed E-state index contributed by atoms with van der Waals surface area (Å²) in [5, 5.41) is 3.07. The molecule has 6 heteroatoms. The van der Waals surface area contributed by atoms with Crippen LogP contribution >= 0.6 is 11.3 Å². The molecule has 0 N–H and O–H groups in total. The normalized spacial score (nSPS) is 15.8. The van der Waals surface area contributed by atoms with Crippen molar-refractivity contribution in [3.05, 3.63) is 29.5 Å². The van der Waals surface area contributed by atoms with E-state index in [4.69, 9.17) is 4.42 Å². The number of hydrogen-bond donors (Lipinski definition) is 0. The lowest BCUT2D eigenvalue weighted by Gasteiger charge is -2.34. The minimum absolute atomic E-state index is 0.0346. The topological polar surface area (TPSA) is 49.6 Å². The number of aromatic nitrogens is 1. The van der Waals surface area contributed by atoms with E-state index in [-0.39, 0.29) is 5.78 Å². The fourth-order valence-electron chi connectivity index (χ4n) is 2.18. The zero-order valence-corrected chi connectivity index (χ0v) is 11.5. The number of nitrogens with zero attached hydrogens (tertiary/aromatic N) is 3. The van der Waals surface area contributed by atoms with Crippen LogP contribution in [-0.2, 0) is 0 Å². The maximum Gasteiger partial charge on any atom is 0.196 e. The summed E-state index contributed by atoms with van der Waals surface area (Å²) in [6, 6.07) is 3.61. The van der Waals surface area contributed by atoms with Gasteiger partial charge in [-0.1, -0.05) is 0 Å². The maximum atomic E-state index is 11.2. The summed E-state index contributed by atoms with van der Waals surface area (Å²) >= 11 is 1.66. The van der Waals surface area contributed by atoms with Crippen molar-refractivity contribution in [2.45, 2.75) is 6.92 Å². The van der Waals surface area contributed by atoms with Crippen molar-refractivity contribution >= 4 is 28.1 Å². The van der Waals surface area contributed by atoms with E-state index < -0.39 is 0 Å². The first-order valence-corrected chi connectivity index (χ1v) is 7.12. The van der Waals surface area contributed by atoms with Gasteiger partial charge in [-0.05, 0) is 6.07 Å². The van der Waals surface area contributed by atoms with Crippen molar-refractivity contribution in [1.82, 2.24) is 4.98 Å². The van der Waals surface area contributed by atoms with E-state index >= 15 is 0 Å². The Labute approximate surface area is 115 Å². The van der Waals surface area contributed by atoms with Crippen LogP contribution in [0.25, 0.3) is 0 Å². The number of piperazine rings is 1. The second-order valence-corrected chi connectivity index (χ2v) is 5.36. The molecule has 2 aromatic heterocycles. The van der Waals surface area contributed by atoms with E-state index in [1.807, 2.05) is 17.6 Å². The fraction of sp³-hybridized carbons (Fsp3) is 0.385. The van der Waals surface area contributed by atoms with Gasteiger partial charge in [-0.15, -0.1) is 11.3 Å². The van der Waals surface area contributed by atoms with Gasteiger partial charge in [-0.3, -0.25) is 4.79 Å². The number of rotatable bonds is 3. The van der Waals surface area contributed by atoms with E-state index in [1.165, 1.54) is 6.92 Å². The molecule has 0 amide bonds. The first-order chi connectivity index (χ1) is 9.24. The van der Waals surface area contributed by atoms with Crippen LogP contribution in [0.3, 0.4) is 0 Å². The predicted molar refractivity (Wildman–Crippen MR) is 75.3 cm³/mol. The van der Waals surface area contributed by atoms with Crippen molar-refractivity contribution < 1.29 is 9.21 Å². The molecule has 0 radical (unpaired) electrons. The number of carbonyl (C=O) groups excluding carboxylic acids is 1. The molecular formula is C13H15N3O2S. The highest BCUT2D eigenvalue weighted by molar-refractivity contribution is 7.13. The summed E-state index contributed by atoms with van der Waals surface area (Å²) in [6.45, 7) is 5.12. The Kier molecular flexibility index (Phi) is 3.25. The Bertz CT molecular complexity index is 556. The monoisotopic (exact) mass is 277 g/mol. The van der Waals surface area contributed by atoms with Gasteiger partial charge < -0.3 is 14.2 Å². The molecule has 0 spiro atoms. The second kappa shape index (κ2) is 5.05. The van der Waals surface area contributed by atoms with Gasteiger partial charge in [-0.25, -0.2) is 4.98 Å². The lowest BCUT2D eigenvalue weighted by molar-refractivity contribution is 0.0987. The summed E-state index contributed by atoms with van der Waals surface area (Å²) in [5.41, 5.74) is 0. The number of furan rings is 1. The van der Waals surface area contributed by atoms with Crippen LogP contribution in [0, 0.1) is 0 Å². The number of carbonyl (C=O) groups is 1. The first-order valence-electron chi connectivity index (χ1n) is 6.24. The summed E-state index contributed by atoms with van der Waals surface area (Å²) in [5.74, 6) is 1.18. The average Bonchev–Trinajstić information content (AvgIpc) is 3.11. The fourth-order valence-corrected chi connectivity index (χ4v) is 2.87. The summed E-state index contributed by atoms with van der Waals surface area (Å²) in [7, 11) is 0. The lowest BCUT2D eigenvalue weighted by Crippen LogP contribution is -2.46. The summed E-state index contributed by atoms with van der Waals surface area (Å²) < 4.78 is 5.56. The third-order valence-corrected chi connectivity index (χ3v) is 4.05. The minimum Gasteiger partial charge on any atom is -0.437 e. The molecule has 1 fully saturated rings. The molecule has 3 rings (SSSR count). The van der Waals surface area contributed by atoms with Crippen molar-refractivity contribution in [2.24, 2.45) is 0 Å². The average molecular weight is 277 g/mol. The molecule has 3 heterocycles. The van der Waals surface area contributed by atoms with Gasteiger partial charge in [0.2, 0.25) is 0 Å². The molecule has 0 bridgehead atoms. The van der Waals surface area contributed by atoms with E-state index in [9.17, 15) is 4.79 Å². The molecule has 0 aromatic carbocycles. The summed E-state index contributed by atoms with van der Waals surface area (Å²) in [6.07, 6.45) is 1.83. The molecule has 0 saturated carbocycles. The van der Waals surface area contributed by atoms with Crippen LogP contribution in [0.5, 0.6) is 0 Å². The predicted octanol–water partition coefficient (Wildman–Crippen LogP) is 2.27. The molecule has 2 aromatic rings. The van der Waals surface area contributed by atoms with Gasteiger partial charge in [0.15, 0.2) is 22.6 Å². The maximum absolute atomic E-state index is 11.2. The van der Waals surface area contributed by atoms with Gasteiger partial charge in [-0.2, -0.15) is 0 Å². The number of thiazole rings is 1. The number of ketones is 1. The molecule has 0 atom stereocenters. The zero-order valence-electron chi connectivity index (χ0n) is 10.7. The second-order valence-electron chi connectivity index (χ2n) is 4.48. The van der Waals surface area contributed by atoms with E-state index in [2.05, 4.69) is 14.8 Å². The number of hydrogen-bond acceptors (Lipinski definition) is 6. The molecule has 1 aliphatic heterocycles. The largest absolute Gasteiger partial charge is 0.437 e. The van der Waals surface area contributed by atoms with Crippen LogP contribution < -0.4 is 9.80 Å². The van der Waals surface area contributed by atoms with Crippen LogP contribution in [-0.4, -0.2) is 36.9 Å². The van der Waals surface area contributed by atoms with E-state index in [0.29, 0.717) is 5.76 Å². The molecular weight excluding hydrogens is 262 g/mol. The molecule has 100 valence electrons. The molecule has 19 heavy (non-hydrogen) atoms. The van der Waals surface area contributed by atoms with Crippen LogP contribution in [0.15, 0.2) is 28.1 Å². The van der Waals surface area contributed by atoms with Crippen molar-refractivity contribution in [3.8, 4) is 0 Å². The molecule has 0 aliphatic carbocycles. The van der Waals surface area contributed by atoms with E-state index in [0.717, 1.165) is 37.2 Å². The quantitative estimate of drug-likeness (QED) is 0.805. The Morgan fingerprint density at radius 2 is 2.00 bits per heavy atom. The number of Topliss-reactive ketones (excluding diaryl/α,β-unsaturated/α-hetero) is 1. The molecule has 0 unspecified atom stereocenters. The zero-order chi connectivity index (χ0) is 13.2. The third kappa shape index (κ3) is 2.49. The SMILES string of the molecule is CC(=O)c1ccc(N2CCN(c3nccs3)CC2)o1. The van der Waals surface area contributed by atoms with Gasteiger partial charge in [0, 0.05) is 50.7 Å². The molecule has 1 aliphatic rings. The smallest absolute Gasteiger partial charge is 0.196 e. The highest BCUT2D eigenvalue weighted by Gasteiger charge is 2.21. The van der Waals surface area contributed by atoms with Crippen LogP contribution in [0.2, 0.25) is 0 Å². The Hall–Kier alpha value is -1.82. The highest BCUT2D eigenvalue weighted by Crippen LogP contribution is 2.23. The van der Waals surface area contributed by atoms with Crippen molar-refractivity contribution in [3.63, 3.8) is 0 Å². The van der Waals surface area contributed by atoms with Crippen molar-refractivity contribution in [2.75, 3.05) is 36.0 Å². The summed E-state index contributed by atoms with van der Waals surface area (Å²) in [4.78, 5) is 20.0. The number of anilines is 2. The van der Waals surface area contributed by atoms with Gasteiger partial charge >= 0.3 is 0 Å². The first kappa shape index (κ1) is 12.2. The minimum atomic E-state index is -0.0346.